The summed E-state index contributed by atoms with van der Waals surface area (Å²) in [7, 11) is -3.48. The Bertz CT molecular complexity index is 533. The average Bonchev–Trinajstić information content (AvgIpc) is 2.26. The first-order chi connectivity index (χ1) is 7.91. The van der Waals surface area contributed by atoms with Gasteiger partial charge in [-0.25, -0.2) is 8.42 Å². The molecule has 0 saturated carbocycles. The van der Waals surface area contributed by atoms with E-state index in [1.165, 1.54) is 6.92 Å². The van der Waals surface area contributed by atoms with E-state index in [-0.39, 0.29) is 10.6 Å². The number of aliphatic hydroxyl groups excluding tert-OH is 1. The van der Waals surface area contributed by atoms with Crippen LogP contribution >= 0.6 is 0 Å². The van der Waals surface area contributed by atoms with Crippen LogP contribution in [0, 0.1) is 0 Å². The highest BCUT2D eigenvalue weighted by Gasteiger charge is 2.27. The van der Waals surface area contributed by atoms with Gasteiger partial charge < -0.3 is 14.6 Å². The highest BCUT2D eigenvalue weighted by atomic mass is 32.2. The Kier molecular flexibility index (Phi) is 3.01. The van der Waals surface area contributed by atoms with Gasteiger partial charge in [-0.15, -0.1) is 0 Å². The van der Waals surface area contributed by atoms with E-state index in [0.29, 0.717) is 24.5 Å². The lowest BCUT2D eigenvalue weighted by atomic mass is 10.1. The SMILES string of the molecule is CC(O)c1ccc2c(c1S(C)(=O)=O)OCCO2. The van der Waals surface area contributed by atoms with Crippen LogP contribution in [-0.4, -0.2) is 33.0 Å². The van der Waals surface area contributed by atoms with E-state index in [2.05, 4.69) is 0 Å². The number of sulfone groups is 1. The molecule has 0 saturated heterocycles. The second-order valence-electron chi connectivity index (χ2n) is 3.96. The summed E-state index contributed by atoms with van der Waals surface area (Å²) < 4.78 is 34.2. The molecule has 1 aromatic rings. The second-order valence-corrected chi connectivity index (χ2v) is 5.91. The number of hydrogen-bond donors (Lipinski definition) is 1. The highest BCUT2D eigenvalue weighted by molar-refractivity contribution is 7.90. The monoisotopic (exact) mass is 258 g/mol. The van der Waals surface area contributed by atoms with Crippen molar-refractivity contribution in [2.24, 2.45) is 0 Å². The van der Waals surface area contributed by atoms with Crippen molar-refractivity contribution < 1.29 is 23.0 Å². The van der Waals surface area contributed by atoms with Gasteiger partial charge in [-0.05, 0) is 13.0 Å². The molecule has 1 N–H and O–H groups in total. The molecule has 1 atom stereocenters. The van der Waals surface area contributed by atoms with Gasteiger partial charge in [0.1, 0.15) is 18.1 Å². The van der Waals surface area contributed by atoms with Gasteiger partial charge in [0.25, 0.3) is 0 Å². The average molecular weight is 258 g/mol. The predicted molar refractivity (Wildman–Crippen MR) is 61.2 cm³/mol. The molecule has 0 fully saturated rings. The molecule has 1 unspecified atom stereocenters. The first-order valence-electron chi connectivity index (χ1n) is 5.22. The van der Waals surface area contributed by atoms with Crippen molar-refractivity contribution in [2.75, 3.05) is 19.5 Å². The van der Waals surface area contributed by atoms with Gasteiger partial charge in [-0.3, -0.25) is 0 Å². The van der Waals surface area contributed by atoms with Gasteiger partial charge in [0.2, 0.25) is 0 Å². The van der Waals surface area contributed by atoms with Crippen molar-refractivity contribution in [1.29, 1.82) is 0 Å². The number of aliphatic hydroxyl groups is 1. The summed E-state index contributed by atoms with van der Waals surface area (Å²) in [5.41, 5.74) is 0.330. The molecule has 0 amide bonds. The van der Waals surface area contributed by atoms with Gasteiger partial charge in [-0.2, -0.15) is 0 Å². The van der Waals surface area contributed by atoms with Crippen molar-refractivity contribution in [3.05, 3.63) is 17.7 Å². The smallest absolute Gasteiger partial charge is 0.180 e. The quantitative estimate of drug-likeness (QED) is 0.853. The molecule has 0 radical (unpaired) electrons. The van der Waals surface area contributed by atoms with Crippen LogP contribution in [0.2, 0.25) is 0 Å². The van der Waals surface area contributed by atoms with Gasteiger partial charge in [-0.1, -0.05) is 6.07 Å². The molecule has 0 aliphatic carbocycles. The largest absolute Gasteiger partial charge is 0.486 e. The van der Waals surface area contributed by atoms with Gasteiger partial charge in [0, 0.05) is 11.8 Å². The Morgan fingerprint density at radius 3 is 2.53 bits per heavy atom. The lowest BCUT2D eigenvalue weighted by Crippen LogP contribution is -2.19. The summed E-state index contributed by atoms with van der Waals surface area (Å²) in [6.45, 7) is 2.21. The summed E-state index contributed by atoms with van der Waals surface area (Å²) in [6.07, 6.45) is 0.211. The van der Waals surface area contributed by atoms with Crippen LogP contribution in [0.5, 0.6) is 11.5 Å². The van der Waals surface area contributed by atoms with E-state index >= 15 is 0 Å². The highest BCUT2D eigenvalue weighted by Crippen LogP contribution is 2.40. The normalized spacial score (nSPS) is 16.6. The molecule has 1 aromatic carbocycles. The summed E-state index contributed by atoms with van der Waals surface area (Å²) in [5, 5.41) is 9.61. The maximum atomic E-state index is 11.8. The molecule has 17 heavy (non-hydrogen) atoms. The summed E-state index contributed by atoms with van der Waals surface area (Å²) in [4.78, 5) is 0.0182. The molecule has 1 aliphatic rings. The van der Waals surface area contributed by atoms with Crippen molar-refractivity contribution >= 4 is 9.84 Å². The molecule has 2 rings (SSSR count). The molecule has 94 valence electrons. The van der Waals surface area contributed by atoms with Crippen LogP contribution in [0.25, 0.3) is 0 Å². The number of fused-ring (bicyclic) bond motifs is 1. The van der Waals surface area contributed by atoms with Crippen LogP contribution < -0.4 is 9.47 Å². The Hall–Kier alpha value is -1.27. The molecule has 0 spiro atoms. The second kappa shape index (κ2) is 4.19. The van der Waals surface area contributed by atoms with Gasteiger partial charge >= 0.3 is 0 Å². The van der Waals surface area contributed by atoms with E-state index in [1.807, 2.05) is 0 Å². The summed E-state index contributed by atoms with van der Waals surface area (Å²) in [6, 6.07) is 3.17. The van der Waals surface area contributed by atoms with E-state index < -0.39 is 15.9 Å². The first kappa shape index (κ1) is 12.2. The minimum atomic E-state index is -3.48. The standard InChI is InChI=1S/C11H14O5S/c1-7(12)8-3-4-9-10(16-6-5-15-9)11(8)17(2,13)14/h3-4,7,12H,5-6H2,1-2H3. The zero-order valence-electron chi connectivity index (χ0n) is 9.63. The zero-order chi connectivity index (χ0) is 12.6. The number of benzene rings is 1. The van der Waals surface area contributed by atoms with Crippen molar-refractivity contribution in [3.8, 4) is 11.5 Å². The van der Waals surface area contributed by atoms with Gasteiger partial charge in [0.05, 0.1) is 6.10 Å². The maximum Gasteiger partial charge on any atom is 0.180 e. The first-order valence-corrected chi connectivity index (χ1v) is 7.11. The molecule has 6 heteroatoms. The Labute approximate surface area is 99.9 Å². The molecular formula is C11H14O5S. The predicted octanol–water partition coefficient (Wildman–Crippen LogP) is 0.915. The molecule has 0 aromatic heterocycles. The van der Waals surface area contributed by atoms with Crippen molar-refractivity contribution in [1.82, 2.24) is 0 Å². The number of rotatable bonds is 2. The summed E-state index contributed by atoms with van der Waals surface area (Å²) >= 11 is 0. The molecular weight excluding hydrogens is 244 g/mol. The third-order valence-corrected chi connectivity index (χ3v) is 3.68. The zero-order valence-corrected chi connectivity index (χ0v) is 10.5. The summed E-state index contributed by atoms with van der Waals surface area (Å²) in [5.74, 6) is 0.609. The molecule has 5 nitrogen and oxygen atoms in total. The third kappa shape index (κ3) is 2.23. The van der Waals surface area contributed by atoms with E-state index in [9.17, 15) is 13.5 Å². The minimum Gasteiger partial charge on any atom is -0.486 e. The van der Waals surface area contributed by atoms with Crippen LogP contribution in [0.3, 0.4) is 0 Å². The maximum absolute atomic E-state index is 11.8. The van der Waals surface area contributed by atoms with Crippen LogP contribution in [0.4, 0.5) is 0 Å². The van der Waals surface area contributed by atoms with E-state index in [4.69, 9.17) is 9.47 Å². The topological polar surface area (TPSA) is 72.8 Å². The lowest BCUT2D eigenvalue weighted by molar-refractivity contribution is 0.161. The Balaban J connectivity index is 2.73. The van der Waals surface area contributed by atoms with E-state index in [0.717, 1.165) is 6.26 Å². The van der Waals surface area contributed by atoms with Crippen LogP contribution in [0.1, 0.15) is 18.6 Å². The fraction of sp³-hybridized carbons (Fsp3) is 0.455. The van der Waals surface area contributed by atoms with Crippen molar-refractivity contribution in [3.63, 3.8) is 0 Å². The fourth-order valence-electron chi connectivity index (χ4n) is 1.82. The third-order valence-electron chi connectivity index (χ3n) is 2.51. The fourth-order valence-corrected chi connectivity index (χ4v) is 2.98. The number of ether oxygens (including phenoxy) is 2. The Morgan fingerprint density at radius 1 is 1.29 bits per heavy atom. The molecule has 1 aliphatic heterocycles. The van der Waals surface area contributed by atoms with Crippen LogP contribution in [-0.2, 0) is 9.84 Å². The molecule has 1 heterocycles. The minimum absolute atomic E-state index is 0.0182. The van der Waals surface area contributed by atoms with Crippen molar-refractivity contribution in [2.45, 2.75) is 17.9 Å². The lowest BCUT2D eigenvalue weighted by Gasteiger charge is -2.23. The van der Waals surface area contributed by atoms with Gasteiger partial charge in [0.15, 0.2) is 21.3 Å². The molecule has 0 bridgehead atoms. The van der Waals surface area contributed by atoms with Crippen LogP contribution in [0.15, 0.2) is 17.0 Å². The number of hydrogen-bond acceptors (Lipinski definition) is 5. The van der Waals surface area contributed by atoms with E-state index in [1.54, 1.807) is 12.1 Å². The Morgan fingerprint density at radius 2 is 1.94 bits per heavy atom.